The molecule has 2 saturated heterocycles. The number of ketones is 1. The number of carbonyl (C=O) groups excluding carboxylic acids is 2. The lowest BCUT2D eigenvalue weighted by Crippen LogP contribution is -2.55. The standard InChI is InChI=1S/C21H34N4O3/c1-16-14-18(17(2)25(16)21(3,4)5)19(26)15-22-6-8-23(9-7-22)20(27)24-10-12-28-13-11-24/h14H,6-13,15H2,1-5H3. The number of ether oxygens (including phenoxy) is 1. The van der Waals surface area contributed by atoms with Crippen molar-refractivity contribution in [3.63, 3.8) is 0 Å². The first kappa shape index (κ1) is 20.9. The molecule has 2 aliphatic heterocycles. The number of aromatic nitrogens is 1. The fourth-order valence-electron chi connectivity index (χ4n) is 4.42. The van der Waals surface area contributed by atoms with E-state index in [-0.39, 0.29) is 17.4 Å². The van der Waals surface area contributed by atoms with Crippen LogP contribution in [0.2, 0.25) is 0 Å². The third-order valence-electron chi connectivity index (χ3n) is 5.69. The lowest BCUT2D eigenvalue weighted by atomic mass is 10.1. The van der Waals surface area contributed by atoms with Crippen LogP contribution in [0.1, 0.15) is 42.5 Å². The van der Waals surface area contributed by atoms with Crippen LogP contribution >= 0.6 is 0 Å². The molecule has 0 radical (unpaired) electrons. The van der Waals surface area contributed by atoms with Crippen LogP contribution in [0, 0.1) is 13.8 Å². The van der Waals surface area contributed by atoms with E-state index in [4.69, 9.17) is 4.74 Å². The molecule has 0 spiro atoms. The van der Waals surface area contributed by atoms with Gasteiger partial charge in [-0.2, -0.15) is 0 Å². The van der Waals surface area contributed by atoms with Crippen LogP contribution < -0.4 is 0 Å². The van der Waals surface area contributed by atoms with Gasteiger partial charge in [0.2, 0.25) is 0 Å². The van der Waals surface area contributed by atoms with Gasteiger partial charge in [0.1, 0.15) is 0 Å². The normalized spacial score (nSPS) is 19.2. The molecule has 3 rings (SSSR count). The molecule has 1 aromatic heterocycles. The van der Waals surface area contributed by atoms with E-state index in [1.54, 1.807) is 0 Å². The number of nitrogens with zero attached hydrogens (tertiary/aromatic N) is 4. The Hall–Kier alpha value is -1.86. The Balaban J connectivity index is 1.56. The number of hydrogen-bond donors (Lipinski definition) is 0. The summed E-state index contributed by atoms with van der Waals surface area (Å²) in [5, 5.41) is 0. The largest absolute Gasteiger partial charge is 0.378 e. The number of urea groups is 1. The van der Waals surface area contributed by atoms with E-state index < -0.39 is 0 Å². The fraction of sp³-hybridized carbons (Fsp3) is 0.714. The highest BCUT2D eigenvalue weighted by molar-refractivity contribution is 5.99. The number of aryl methyl sites for hydroxylation is 1. The van der Waals surface area contributed by atoms with Gasteiger partial charge < -0.3 is 19.1 Å². The van der Waals surface area contributed by atoms with E-state index in [1.165, 1.54) is 0 Å². The number of hydrogen-bond acceptors (Lipinski definition) is 4. The Bertz CT molecular complexity index is 721. The van der Waals surface area contributed by atoms with E-state index in [1.807, 2.05) is 22.8 Å². The molecule has 28 heavy (non-hydrogen) atoms. The van der Waals surface area contributed by atoms with Gasteiger partial charge in [0.25, 0.3) is 0 Å². The van der Waals surface area contributed by atoms with Crippen LogP contribution in [0.15, 0.2) is 6.07 Å². The minimum atomic E-state index is -0.0435. The number of carbonyl (C=O) groups is 2. The van der Waals surface area contributed by atoms with Gasteiger partial charge in [0.15, 0.2) is 5.78 Å². The maximum atomic E-state index is 12.9. The maximum Gasteiger partial charge on any atom is 0.320 e. The summed E-state index contributed by atoms with van der Waals surface area (Å²) in [6, 6.07) is 2.11. The molecule has 0 aliphatic carbocycles. The second-order valence-electron chi connectivity index (χ2n) is 8.86. The average molecular weight is 391 g/mol. The van der Waals surface area contributed by atoms with E-state index in [0.717, 1.165) is 30.0 Å². The summed E-state index contributed by atoms with van der Waals surface area (Å²) >= 11 is 0. The highest BCUT2D eigenvalue weighted by Crippen LogP contribution is 2.25. The summed E-state index contributed by atoms with van der Waals surface area (Å²) in [5.41, 5.74) is 2.93. The van der Waals surface area contributed by atoms with Crippen LogP contribution in [-0.2, 0) is 10.3 Å². The van der Waals surface area contributed by atoms with Crippen molar-refractivity contribution in [1.82, 2.24) is 19.3 Å². The zero-order valence-corrected chi connectivity index (χ0v) is 18.0. The van der Waals surface area contributed by atoms with Crippen LogP contribution in [0.4, 0.5) is 4.79 Å². The number of piperazine rings is 1. The zero-order chi connectivity index (χ0) is 20.5. The molecule has 0 atom stereocenters. The molecule has 0 saturated carbocycles. The number of rotatable bonds is 3. The van der Waals surface area contributed by atoms with E-state index in [2.05, 4.69) is 37.2 Å². The van der Waals surface area contributed by atoms with Crippen LogP contribution in [-0.4, -0.2) is 90.1 Å². The Labute approximate surface area is 168 Å². The summed E-state index contributed by atoms with van der Waals surface area (Å²) in [6.07, 6.45) is 0. The SMILES string of the molecule is Cc1cc(C(=O)CN2CCN(C(=O)N3CCOCC3)CC2)c(C)n1C(C)(C)C. The van der Waals surface area contributed by atoms with Crippen molar-refractivity contribution in [2.24, 2.45) is 0 Å². The number of amides is 2. The molecular weight excluding hydrogens is 356 g/mol. The molecule has 3 heterocycles. The Morgan fingerprint density at radius 3 is 2.07 bits per heavy atom. The molecular formula is C21H34N4O3. The Morgan fingerprint density at radius 2 is 1.54 bits per heavy atom. The first-order chi connectivity index (χ1) is 13.2. The van der Waals surface area contributed by atoms with Crippen molar-refractivity contribution < 1.29 is 14.3 Å². The molecule has 2 fully saturated rings. The highest BCUT2D eigenvalue weighted by Gasteiger charge is 2.28. The van der Waals surface area contributed by atoms with Gasteiger partial charge in [-0.05, 0) is 40.7 Å². The van der Waals surface area contributed by atoms with E-state index in [9.17, 15) is 9.59 Å². The third kappa shape index (κ3) is 4.41. The second kappa shape index (κ2) is 8.25. The predicted octanol–water partition coefficient (Wildman–Crippen LogP) is 2.11. The van der Waals surface area contributed by atoms with Gasteiger partial charge in [-0.25, -0.2) is 4.79 Å². The molecule has 7 heteroatoms. The van der Waals surface area contributed by atoms with Crippen LogP contribution in [0.3, 0.4) is 0 Å². The lowest BCUT2D eigenvalue weighted by molar-refractivity contribution is 0.0376. The maximum absolute atomic E-state index is 12.9. The molecule has 0 bridgehead atoms. The summed E-state index contributed by atoms with van der Waals surface area (Å²) in [7, 11) is 0. The minimum absolute atomic E-state index is 0.0435. The summed E-state index contributed by atoms with van der Waals surface area (Å²) in [5.74, 6) is 0.163. The fourth-order valence-corrected chi connectivity index (χ4v) is 4.42. The van der Waals surface area contributed by atoms with E-state index >= 15 is 0 Å². The van der Waals surface area contributed by atoms with Crippen molar-refractivity contribution in [2.45, 2.75) is 40.2 Å². The predicted molar refractivity (Wildman–Crippen MR) is 109 cm³/mol. The van der Waals surface area contributed by atoms with Gasteiger partial charge in [-0.3, -0.25) is 9.69 Å². The molecule has 0 aromatic carbocycles. The van der Waals surface area contributed by atoms with Crippen molar-refractivity contribution in [2.75, 3.05) is 59.0 Å². The summed E-state index contributed by atoms with van der Waals surface area (Å²) in [6.45, 7) is 16.4. The van der Waals surface area contributed by atoms with Crippen LogP contribution in [0.5, 0.6) is 0 Å². The van der Waals surface area contributed by atoms with Crippen molar-refractivity contribution >= 4 is 11.8 Å². The Kier molecular flexibility index (Phi) is 6.15. The quantitative estimate of drug-likeness (QED) is 0.742. The van der Waals surface area contributed by atoms with E-state index in [0.29, 0.717) is 45.9 Å². The number of morpholine rings is 1. The molecule has 0 unspecified atom stereocenters. The lowest BCUT2D eigenvalue weighted by Gasteiger charge is -2.38. The Morgan fingerprint density at radius 1 is 0.964 bits per heavy atom. The molecule has 0 N–H and O–H groups in total. The summed E-state index contributed by atoms with van der Waals surface area (Å²) < 4.78 is 7.56. The summed E-state index contributed by atoms with van der Waals surface area (Å²) in [4.78, 5) is 31.5. The van der Waals surface area contributed by atoms with Crippen molar-refractivity contribution in [1.29, 1.82) is 0 Å². The van der Waals surface area contributed by atoms with Gasteiger partial charge in [0.05, 0.1) is 19.8 Å². The van der Waals surface area contributed by atoms with Crippen LogP contribution in [0.25, 0.3) is 0 Å². The minimum Gasteiger partial charge on any atom is -0.378 e. The van der Waals surface area contributed by atoms with Gasteiger partial charge in [0, 0.05) is 61.8 Å². The molecule has 2 aliphatic rings. The third-order valence-corrected chi connectivity index (χ3v) is 5.69. The monoisotopic (exact) mass is 390 g/mol. The first-order valence-corrected chi connectivity index (χ1v) is 10.2. The highest BCUT2D eigenvalue weighted by atomic mass is 16.5. The molecule has 2 amide bonds. The molecule has 1 aromatic rings. The first-order valence-electron chi connectivity index (χ1n) is 10.2. The van der Waals surface area contributed by atoms with Gasteiger partial charge in [-0.15, -0.1) is 0 Å². The zero-order valence-electron chi connectivity index (χ0n) is 18.0. The van der Waals surface area contributed by atoms with Gasteiger partial charge >= 0.3 is 6.03 Å². The smallest absolute Gasteiger partial charge is 0.320 e. The second-order valence-corrected chi connectivity index (χ2v) is 8.86. The molecule has 7 nitrogen and oxygen atoms in total. The van der Waals surface area contributed by atoms with Crippen molar-refractivity contribution in [3.05, 3.63) is 23.0 Å². The molecule has 156 valence electrons. The topological polar surface area (TPSA) is 58.0 Å². The van der Waals surface area contributed by atoms with Crippen molar-refractivity contribution in [3.8, 4) is 0 Å². The number of Topliss-reactive ketones (excluding diaryl/α,β-unsaturated/α-hetero) is 1. The van der Waals surface area contributed by atoms with Gasteiger partial charge in [-0.1, -0.05) is 0 Å². The average Bonchev–Trinajstić information content (AvgIpc) is 2.97.